The summed E-state index contributed by atoms with van der Waals surface area (Å²) in [6, 6.07) is 0. The smallest absolute Gasteiger partial charge is 0.239 e. The third kappa shape index (κ3) is 7.89. The summed E-state index contributed by atoms with van der Waals surface area (Å²) in [5.41, 5.74) is 0. The van der Waals surface area contributed by atoms with Crippen molar-refractivity contribution in [1.29, 1.82) is 0 Å². The number of carbonyl (C=O) groups is 3. The van der Waals surface area contributed by atoms with Crippen LogP contribution in [0.4, 0.5) is 0 Å². The highest BCUT2D eigenvalue weighted by Crippen LogP contribution is 2.25. The van der Waals surface area contributed by atoms with Gasteiger partial charge in [-0.3, -0.25) is 14.4 Å². The summed E-state index contributed by atoms with van der Waals surface area (Å²) in [4.78, 5) is 41.1. The molecule has 3 amide bonds. The lowest BCUT2D eigenvalue weighted by molar-refractivity contribution is -0.141. The van der Waals surface area contributed by atoms with E-state index in [0.717, 1.165) is 25.8 Å². The number of carbonyl (C=O) groups excluding carboxylic acids is 3. The van der Waals surface area contributed by atoms with Crippen LogP contribution in [0.1, 0.15) is 60.3 Å². The van der Waals surface area contributed by atoms with Gasteiger partial charge in [-0.25, -0.2) is 0 Å². The van der Waals surface area contributed by atoms with Crippen LogP contribution >= 0.6 is 0 Å². The Bertz CT molecular complexity index is 495. The van der Waals surface area contributed by atoms with Crippen molar-refractivity contribution in [3.05, 3.63) is 0 Å². The summed E-state index contributed by atoms with van der Waals surface area (Å²) in [6.45, 7) is 12.6. The van der Waals surface area contributed by atoms with Gasteiger partial charge in [0.05, 0.1) is 6.54 Å². The van der Waals surface area contributed by atoms with Gasteiger partial charge in [0.25, 0.3) is 0 Å². The molecule has 0 saturated carbocycles. The molecule has 1 saturated heterocycles. The number of likely N-dealkylation sites (tertiary alicyclic amines) is 1. The zero-order valence-electron chi connectivity index (χ0n) is 18.1. The summed E-state index contributed by atoms with van der Waals surface area (Å²) in [5.74, 6) is 0.943. The lowest BCUT2D eigenvalue weighted by atomic mass is 9.88. The first-order chi connectivity index (χ1) is 12.7. The molecule has 1 heterocycles. The summed E-state index contributed by atoms with van der Waals surface area (Å²) in [6.07, 6.45) is 3.06. The molecule has 6 heteroatoms. The second kappa shape index (κ2) is 11.3. The van der Waals surface area contributed by atoms with Crippen LogP contribution in [0.3, 0.4) is 0 Å². The quantitative estimate of drug-likeness (QED) is 0.598. The second-order valence-electron chi connectivity index (χ2n) is 8.76. The van der Waals surface area contributed by atoms with E-state index in [2.05, 4.69) is 39.9 Å². The molecule has 1 rings (SSSR count). The highest BCUT2D eigenvalue weighted by atomic mass is 16.2. The molecule has 0 aromatic rings. The largest absolute Gasteiger partial charge is 0.358 e. The molecule has 1 aliphatic heterocycles. The van der Waals surface area contributed by atoms with Crippen molar-refractivity contribution in [3.8, 4) is 0 Å². The Balaban J connectivity index is 2.89. The van der Waals surface area contributed by atoms with E-state index in [1.165, 1.54) is 0 Å². The van der Waals surface area contributed by atoms with E-state index in [-0.39, 0.29) is 36.1 Å². The van der Waals surface area contributed by atoms with Gasteiger partial charge in [0.1, 0.15) is 0 Å². The SMILES string of the molecule is CCCN1CC(CN(CC(=O)NC)C(=O)C(CC(C)C)CC(C)C)CC1=O. The fraction of sp³-hybridized carbons (Fsp3) is 0.857. The first-order valence-corrected chi connectivity index (χ1v) is 10.4. The van der Waals surface area contributed by atoms with Gasteiger partial charge in [0.2, 0.25) is 17.7 Å². The molecule has 1 fully saturated rings. The monoisotopic (exact) mass is 381 g/mol. The Morgan fingerprint density at radius 3 is 2.26 bits per heavy atom. The minimum atomic E-state index is -0.161. The standard InChI is InChI=1S/C21H39N3O3/c1-7-8-23-12-17(11-20(23)26)13-24(14-19(25)22-6)21(27)18(9-15(2)3)10-16(4)5/h15-18H,7-14H2,1-6H3,(H,22,25). The van der Waals surface area contributed by atoms with Gasteiger partial charge in [0.15, 0.2) is 0 Å². The molecule has 0 spiro atoms. The van der Waals surface area contributed by atoms with Crippen molar-refractivity contribution in [3.63, 3.8) is 0 Å². The van der Waals surface area contributed by atoms with E-state index < -0.39 is 0 Å². The van der Waals surface area contributed by atoms with Crippen LogP contribution in [-0.2, 0) is 14.4 Å². The summed E-state index contributed by atoms with van der Waals surface area (Å²) < 4.78 is 0. The predicted octanol–water partition coefficient (Wildman–Crippen LogP) is 2.53. The Morgan fingerprint density at radius 2 is 1.78 bits per heavy atom. The third-order valence-electron chi connectivity index (χ3n) is 5.05. The molecule has 1 unspecified atom stereocenters. The molecular formula is C21H39N3O3. The van der Waals surface area contributed by atoms with Gasteiger partial charge in [-0.2, -0.15) is 0 Å². The minimum Gasteiger partial charge on any atom is -0.358 e. The Labute approximate surface area is 165 Å². The van der Waals surface area contributed by atoms with E-state index in [9.17, 15) is 14.4 Å². The first kappa shape index (κ1) is 23.4. The van der Waals surface area contributed by atoms with E-state index in [1.54, 1.807) is 11.9 Å². The molecule has 6 nitrogen and oxygen atoms in total. The Hall–Kier alpha value is -1.59. The Morgan fingerprint density at radius 1 is 1.19 bits per heavy atom. The van der Waals surface area contributed by atoms with E-state index in [0.29, 0.717) is 31.3 Å². The lowest BCUT2D eigenvalue weighted by Crippen LogP contribution is -2.45. The van der Waals surface area contributed by atoms with Crippen LogP contribution in [0, 0.1) is 23.7 Å². The number of likely N-dealkylation sites (N-methyl/N-ethyl adjacent to an activating group) is 1. The molecule has 156 valence electrons. The van der Waals surface area contributed by atoms with Crippen LogP contribution in [0.5, 0.6) is 0 Å². The molecule has 27 heavy (non-hydrogen) atoms. The lowest BCUT2D eigenvalue weighted by Gasteiger charge is -2.30. The predicted molar refractivity (Wildman–Crippen MR) is 108 cm³/mol. The summed E-state index contributed by atoms with van der Waals surface area (Å²) in [7, 11) is 1.59. The van der Waals surface area contributed by atoms with Crippen LogP contribution in [0.2, 0.25) is 0 Å². The van der Waals surface area contributed by atoms with Crippen molar-refractivity contribution >= 4 is 17.7 Å². The highest BCUT2D eigenvalue weighted by molar-refractivity contribution is 5.86. The summed E-state index contributed by atoms with van der Waals surface area (Å²) >= 11 is 0. The van der Waals surface area contributed by atoms with Crippen LogP contribution in [-0.4, -0.2) is 60.7 Å². The number of hydrogen-bond donors (Lipinski definition) is 1. The van der Waals surface area contributed by atoms with Gasteiger partial charge in [-0.05, 0) is 31.1 Å². The number of rotatable bonds is 11. The van der Waals surface area contributed by atoms with E-state index in [1.807, 2.05) is 4.90 Å². The van der Waals surface area contributed by atoms with Crippen molar-refractivity contribution in [1.82, 2.24) is 15.1 Å². The average Bonchev–Trinajstić information content (AvgIpc) is 2.91. The van der Waals surface area contributed by atoms with Crippen LogP contribution in [0.15, 0.2) is 0 Å². The molecule has 0 bridgehead atoms. The van der Waals surface area contributed by atoms with Crippen molar-refractivity contribution in [2.24, 2.45) is 23.7 Å². The summed E-state index contributed by atoms with van der Waals surface area (Å²) in [5, 5.41) is 2.62. The van der Waals surface area contributed by atoms with Gasteiger partial charge < -0.3 is 15.1 Å². The molecule has 1 N–H and O–H groups in total. The molecule has 0 radical (unpaired) electrons. The molecule has 0 aromatic heterocycles. The zero-order chi connectivity index (χ0) is 20.6. The van der Waals surface area contributed by atoms with Gasteiger partial charge >= 0.3 is 0 Å². The minimum absolute atomic E-state index is 0.0578. The van der Waals surface area contributed by atoms with Crippen LogP contribution < -0.4 is 5.32 Å². The maximum atomic E-state index is 13.3. The maximum Gasteiger partial charge on any atom is 0.239 e. The maximum absolute atomic E-state index is 13.3. The van der Waals surface area contributed by atoms with Crippen LogP contribution in [0.25, 0.3) is 0 Å². The molecular weight excluding hydrogens is 342 g/mol. The van der Waals surface area contributed by atoms with E-state index >= 15 is 0 Å². The number of hydrogen-bond acceptors (Lipinski definition) is 3. The first-order valence-electron chi connectivity index (χ1n) is 10.4. The number of nitrogens with zero attached hydrogens (tertiary/aromatic N) is 2. The second-order valence-corrected chi connectivity index (χ2v) is 8.76. The number of amides is 3. The fourth-order valence-corrected chi connectivity index (χ4v) is 3.95. The fourth-order valence-electron chi connectivity index (χ4n) is 3.95. The molecule has 1 aliphatic rings. The van der Waals surface area contributed by atoms with Gasteiger partial charge in [0, 0.05) is 44.9 Å². The third-order valence-corrected chi connectivity index (χ3v) is 5.05. The number of nitrogens with one attached hydrogen (secondary N) is 1. The molecule has 0 aliphatic carbocycles. The van der Waals surface area contributed by atoms with Crippen molar-refractivity contribution in [2.75, 3.05) is 33.2 Å². The average molecular weight is 382 g/mol. The van der Waals surface area contributed by atoms with Crippen molar-refractivity contribution in [2.45, 2.75) is 60.3 Å². The van der Waals surface area contributed by atoms with Gasteiger partial charge in [-0.1, -0.05) is 34.6 Å². The topological polar surface area (TPSA) is 69.7 Å². The van der Waals surface area contributed by atoms with E-state index in [4.69, 9.17) is 0 Å². The highest BCUT2D eigenvalue weighted by Gasteiger charge is 2.34. The molecule has 1 atom stereocenters. The normalized spacial score (nSPS) is 17.3. The van der Waals surface area contributed by atoms with Gasteiger partial charge in [-0.15, -0.1) is 0 Å². The zero-order valence-corrected chi connectivity index (χ0v) is 18.1. The molecule has 0 aromatic carbocycles. The van der Waals surface area contributed by atoms with Crippen molar-refractivity contribution < 1.29 is 14.4 Å². The Kier molecular flexibility index (Phi) is 9.81.